The maximum atomic E-state index is 8.48. The first-order valence-electron chi connectivity index (χ1n) is 2.05. The van der Waals surface area contributed by atoms with Crippen molar-refractivity contribution in [3.05, 3.63) is 0 Å². The Morgan fingerprint density at radius 2 is 1.22 bits per heavy atom. The van der Waals surface area contributed by atoms with Gasteiger partial charge in [-0.15, -0.1) is 0 Å². The third-order valence-electron chi connectivity index (χ3n) is 0. The molecule has 1 N–H and O–H groups in total. The molecule has 6 heteroatoms. The van der Waals surface area contributed by atoms with Crippen molar-refractivity contribution in [1.82, 2.24) is 0 Å². The van der Waals surface area contributed by atoms with Gasteiger partial charge in [0.25, 0.3) is 8.25 Å². The minimum Gasteiger partial charge on any atom is -0.598 e. The molecule has 0 heterocycles. The summed E-state index contributed by atoms with van der Waals surface area (Å²) < 4.78 is 8.48. The van der Waals surface area contributed by atoms with Gasteiger partial charge in [0.15, 0.2) is 0 Å². The van der Waals surface area contributed by atoms with Crippen LogP contribution in [0, 0.1) is 0 Å². The Kier molecular flexibility index (Phi) is 20.4. The number of quaternary nitrogens is 1. The first-order valence-corrected chi connectivity index (χ1v) is 3.14. The van der Waals surface area contributed by atoms with Crippen molar-refractivity contribution in [2.24, 2.45) is 0 Å². The molecule has 60 valence electrons. The van der Waals surface area contributed by atoms with Crippen LogP contribution in [0.4, 0.5) is 0 Å². The van der Waals surface area contributed by atoms with Crippen LogP contribution in [0.15, 0.2) is 0 Å². The molecule has 0 aliphatic carbocycles. The molecule has 0 radical (unpaired) electrons. The van der Waals surface area contributed by atoms with Gasteiger partial charge in [0.05, 0.1) is 21.1 Å². The minimum absolute atomic E-state index is 0. The molecule has 0 atom stereocenters. The topological polar surface area (TPSA) is 67.6 Å². The van der Waals surface area contributed by atoms with Crippen molar-refractivity contribution in [3.8, 4) is 0 Å². The second kappa shape index (κ2) is 11.3. The van der Waals surface area contributed by atoms with Crippen molar-refractivity contribution in [2.45, 2.75) is 0 Å². The average molecular weight is 198 g/mol. The van der Waals surface area contributed by atoms with Crippen LogP contribution in [0.3, 0.4) is 0 Å². The van der Waals surface area contributed by atoms with Gasteiger partial charge in [-0.25, -0.2) is 0 Å². The van der Waals surface area contributed by atoms with Crippen molar-refractivity contribution >= 4 is 8.25 Å². The molecule has 0 bridgehead atoms. The van der Waals surface area contributed by atoms with Crippen molar-refractivity contribution < 1.29 is 35.7 Å². The molecule has 0 aliphatic rings. The largest absolute Gasteiger partial charge is 0.598 e. The number of rotatable bonds is 0. The Labute approximate surface area is 65.7 Å². The van der Waals surface area contributed by atoms with Gasteiger partial charge >= 0.3 is 0 Å². The van der Waals surface area contributed by atoms with Crippen molar-refractivity contribution in [1.29, 1.82) is 0 Å². The standard InChI is InChI=1S/C3H9N.Ni.HO3P/c1-4(2)3;;1-4(2)3/h1-3H3;;(H,1,2,3). The average Bonchev–Trinajstić information content (AvgIpc) is 1.25. The van der Waals surface area contributed by atoms with Crippen LogP contribution in [-0.2, 0) is 21.1 Å². The van der Waals surface area contributed by atoms with Crippen LogP contribution >= 0.6 is 8.25 Å². The van der Waals surface area contributed by atoms with E-state index in [0.717, 1.165) is 0 Å². The van der Waals surface area contributed by atoms with Gasteiger partial charge in [0.2, 0.25) is 0 Å². The summed E-state index contributed by atoms with van der Waals surface area (Å²) >= 11 is 0. The summed E-state index contributed by atoms with van der Waals surface area (Å²) in [6, 6.07) is 0. The predicted octanol–water partition coefficient (Wildman–Crippen LogP) is -2.88. The van der Waals surface area contributed by atoms with E-state index in [9.17, 15) is 0 Å². The first-order chi connectivity index (χ1) is 3.46. The van der Waals surface area contributed by atoms with E-state index in [1.807, 2.05) is 0 Å². The van der Waals surface area contributed by atoms with Crippen molar-refractivity contribution in [3.63, 3.8) is 0 Å². The Balaban J connectivity index is -0.0000000720. The van der Waals surface area contributed by atoms with E-state index in [4.69, 9.17) is 14.4 Å². The maximum absolute atomic E-state index is 8.48. The third kappa shape index (κ3) is 1580. The van der Waals surface area contributed by atoms with Gasteiger partial charge in [-0.1, -0.05) is 4.57 Å². The molecule has 0 saturated carbocycles. The minimum atomic E-state index is -3.37. The van der Waals surface area contributed by atoms with Crippen LogP contribution in [0.1, 0.15) is 0 Å². The van der Waals surface area contributed by atoms with E-state index in [-0.39, 0.29) is 16.5 Å². The number of hydrogen-bond acceptors (Lipinski definition) is 3. The Morgan fingerprint density at radius 3 is 1.22 bits per heavy atom. The van der Waals surface area contributed by atoms with Crippen LogP contribution in [-0.4, -0.2) is 21.1 Å². The third-order valence-corrected chi connectivity index (χ3v) is 0. The van der Waals surface area contributed by atoms with E-state index < -0.39 is 8.25 Å². The van der Waals surface area contributed by atoms with Crippen molar-refractivity contribution in [2.75, 3.05) is 21.1 Å². The second-order valence-corrected chi connectivity index (χ2v) is 2.17. The summed E-state index contributed by atoms with van der Waals surface area (Å²) in [5, 5.41) is 0. The molecule has 0 rings (SSSR count). The van der Waals surface area contributed by atoms with Crippen LogP contribution in [0.25, 0.3) is 0 Å². The summed E-state index contributed by atoms with van der Waals surface area (Å²) in [7, 11) is 2.88. The molecule has 9 heavy (non-hydrogen) atoms. The zero-order valence-electron chi connectivity index (χ0n) is 5.49. The van der Waals surface area contributed by atoms with Gasteiger partial charge < -0.3 is 14.7 Å². The fourth-order valence-corrected chi connectivity index (χ4v) is 0. The summed E-state index contributed by atoms with van der Waals surface area (Å²) in [6.45, 7) is 0. The normalized spacial score (nSPS) is 6.89. The fourth-order valence-electron chi connectivity index (χ4n) is 0. The number of nitrogens with one attached hydrogen (secondary N) is 1. The maximum Gasteiger partial charge on any atom is 0.276 e. The van der Waals surface area contributed by atoms with Crippen LogP contribution in [0.5, 0.6) is 0 Å². The molecular weight excluding hydrogens is 188 g/mol. The SMILES string of the molecule is C[NH+](C)C.O=[P+]([O-])[O-].[Ni]. The smallest absolute Gasteiger partial charge is 0.276 e. The van der Waals surface area contributed by atoms with Gasteiger partial charge in [-0.2, -0.15) is 0 Å². The van der Waals surface area contributed by atoms with E-state index in [1.54, 1.807) is 0 Å². The summed E-state index contributed by atoms with van der Waals surface area (Å²) in [6.07, 6.45) is 0. The number of hydrogen-bond donors (Lipinski definition) is 1. The van der Waals surface area contributed by atoms with Gasteiger partial charge in [0, 0.05) is 16.5 Å². The molecule has 0 aromatic carbocycles. The van der Waals surface area contributed by atoms with Gasteiger partial charge in [0.1, 0.15) is 0 Å². The van der Waals surface area contributed by atoms with Crippen LogP contribution < -0.4 is 14.7 Å². The monoisotopic (exact) mass is 197 g/mol. The zero-order valence-corrected chi connectivity index (χ0v) is 7.37. The molecule has 4 nitrogen and oxygen atoms in total. The Bertz CT molecular complexity index is 63.3. The molecule has 0 unspecified atom stereocenters. The molecule has 0 spiro atoms. The quantitative estimate of drug-likeness (QED) is 0.335. The predicted molar refractivity (Wildman–Crippen MR) is 26.3 cm³/mol. The molecule has 0 amide bonds. The summed E-state index contributed by atoms with van der Waals surface area (Å²) in [4.78, 5) is 18.4. The molecule has 0 saturated heterocycles. The van der Waals surface area contributed by atoms with Gasteiger partial charge in [-0.3, -0.25) is 0 Å². The van der Waals surface area contributed by atoms with E-state index in [1.165, 1.54) is 4.90 Å². The van der Waals surface area contributed by atoms with E-state index >= 15 is 0 Å². The summed E-state index contributed by atoms with van der Waals surface area (Å²) in [5.74, 6) is 0. The molecule has 0 aliphatic heterocycles. The Hall–Kier alpha value is 0.474. The molecule has 0 fully saturated rings. The zero-order chi connectivity index (χ0) is 7.15. The first kappa shape index (κ1) is 16.2. The van der Waals surface area contributed by atoms with Gasteiger partial charge in [-0.05, 0) is 0 Å². The van der Waals surface area contributed by atoms with Crippen LogP contribution in [0.2, 0.25) is 0 Å². The second-order valence-electron chi connectivity index (χ2n) is 1.72. The fraction of sp³-hybridized carbons (Fsp3) is 1.00. The molecular formula is C3H10NNiO3P. The molecule has 0 aromatic heterocycles. The molecule has 0 aromatic rings. The Morgan fingerprint density at radius 1 is 1.22 bits per heavy atom. The van der Waals surface area contributed by atoms with E-state index in [0.29, 0.717) is 0 Å². The van der Waals surface area contributed by atoms with E-state index in [2.05, 4.69) is 21.1 Å². The summed E-state index contributed by atoms with van der Waals surface area (Å²) in [5.41, 5.74) is 0.